The molecule has 2 aromatic rings. The van der Waals surface area contributed by atoms with Crippen molar-refractivity contribution in [3.8, 4) is 6.07 Å². The predicted octanol–water partition coefficient (Wildman–Crippen LogP) is 3.20. The number of fused-ring (bicyclic) bond motifs is 1. The average molecular weight is 209 g/mol. The molecule has 0 spiro atoms. The topological polar surface area (TPSA) is 23.8 Å². The van der Waals surface area contributed by atoms with Gasteiger partial charge in [0.25, 0.3) is 0 Å². The largest absolute Gasteiger partial charge is 0.207 e. The molecule has 0 saturated carbocycles. The Balaban J connectivity index is 2.88. The molecule has 0 amide bonds. The van der Waals surface area contributed by atoms with Crippen molar-refractivity contribution in [1.29, 1.82) is 5.26 Å². The van der Waals surface area contributed by atoms with Crippen LogP contribution in [0.3, 0.4) is 0 Å². The van der Waals surface area contributed by atoms with Crippen LogP contribution in [0.2, 0.25) is 0 Å². The van der Waals surface area contributed by atoms with Gasteiger partial charge in [-0.3, -0.25) is 0 Å². The minimum absolute atomic E-state index is 0.286. The highest BCUT2D eigenvalue weighted by Gasteiger charge is 2.08. The van der Waals surface area contributed by atoms with Crippen LogP contribution in [0, 0.1) is 17.1 Å². The van der Waals surface area contributed by atoms with Gasteiger partial charge in [0.1, 0.15) is 11.9 Å². The Hall–Kier alpha value is -1.05. The van der Waals surface area contributed by atoms with E-state index < -0.39 is 0 Å². The quantitative estimate of drug-likeness (QED) is 0.662. The maximum absolute atomic E-state index is 12.8. The second kappa shape index (κ2) is 3.02. The van der Waals surface area contributed by atoms with Gasteiger partial charge in [-0.25, -0.2) is 4.39 Å². The summed E-state index contributed by atoms with van der Waals surface area (Å²) in [5.74, 6) is -0.286. The van der Waals surface area contributed by atoms with Crippen LogP contribution >= 0.6 is 24.0 Å². The number of nitriles is 1. The van der Waals surface area contributed by atoms with Crippen LogP contribution in [0.1, 0.15) is 5.56 Å². The monoisotopic (exact) mass is 209 g/mol. The SMILES string of the molecule is N#Cc1c(S)sc2cc(F)ccc12. The van der Waals surface area contributed by atoms with Crippen molar-refractivity contribution in [3.63, 3.8) is 0 Å². The fraction of sp³-hybridized carbons (Fsp3) is 0. The summed E-state index contributed by atoms with van der Waals surface area (Å²) in [4.78, 5) is 0. The van der Waals surface area contributed by atoms with E-state index in [1.54, 1.807) is 6.07 Å². The van der Waals surface area contributed by atoms with Crippen LogP contribution in [-0.2, 0) is 0 Å². The molecule has 4 heteroatoms. The van der Waals surface area contributed by atoms with Crippen molar-refractivity contribution in [2.45, 2.75) is 4.21 Å². The van der Waals surface area contributed by atoms with Gasteiger partial charge in [0.2, 0.25) is 0 Å². The van der Waals surface area contributed by atoms with Crippen molar-refractivity contribution in [2.24, 2.45) is 0 Å². The van der Waals surface area contributed by atoms with Crippen molar-refractivity contribution in [1.82, 2.24) is 0 Å². The first-order chi connectivity index (χ1) is 6.22. The Morgan fingerprint density at radius 1 is 1.46 bits per heavy atom. The number of hydrogen-bond acceptors (Lipinski definition) is 3. The Labute approximate surface area is 83.8 Å². The van der Waals surface area contributed by atoms with Crippen molar-refractivity contribution >= 4 is 34.1 Å². The molecule has 0 atom stereocenters. The van der Waals surface area contributed by atoms with Gasteiger partial charge in [0, 0.05) is 10.1 Å². The highest BCUT2D eigenvalue weighted by atomic mass is 32.2. The van der Waals surface area contributed by atoms with E-state index in [1.807, 2.05) is 6.07 Å². The predicted molar refractivity (Wildman–Crippen MR) is 53.8 cm³/mol. The van der Waals surface area contributed by atoms with Crippen LogP contribution in [0.15, 0.2) is 22.4 Å². The molecule has 0 bridgehead atoms. The molecule has 1 aromatic heterocycles. The van der Waals surface area contributed by atoms with E-state index in [0.717, 1.165) is 10.1 Å². The molecule has 1 aromatic carbocycles. The Morgan fingerprint density at radius 3 is 2.92 bits per heavy atom. The third kappa shape index (κ3) is 1.30. The molecule has 0 radical (unpaired) electrons. The number of halogens is 1. The Morgan fingerprint density at radius 2 is 2.23 bits per heavy atom. The standard InChI is InChI=1S/C9H4FNS2/c10-5-1-2-6-7(4-11)9(12)13-8(6)3-5/h1-3,12H. The molecule has 0 aliphatic heterocycles. The first-order valence-electron chi connectivity index (χ1n) is 3.53. The molecule has 64 valence electrons. The maximum atomic E-state index is 12.8. The van der Waals surface area contributed by atoms with Crippen molar-refractivity contribution < 1.29 is 4.39 Å². The lowest BCUT2D eigenvalue weighted by atomic mass is 10.2. The molecule has 0 fully saturated rings. The van der Waals surface area contributed by atoms with E-state index >= 15 is 0 Å². The number of rotatable bonds is 0. The number of nitrogens with zero attached hydrogens (tertiary/aromatic N) is 1. The molecule has 0 saturated heterocycles. The van der Waals surface area contributed by atoms with Gasteiger partial charge < -0.3 is 0 Å². The molecule has 1 nitrogen and oxygen atoms in total. The summed E-state index contributed by atoms with van der Waals surface area (Å²) in [6.45, 7) is 0. The molecular weight excluding hydrogens is 205 g/mol. The van der Waals surface area contributed by atoms with E-state index in [-0.39, 0.29) is 5.82 Å². The molecular formula is C9H4FNS2. The summed E-state index contributed by atoms with van der Waals surface area (Å²) >= 11 is 5.46. The van der Waals surface area contributed by atoms with E-state index in [1.165, 1.54) is 23.5 Å². The van der Waals surface area contributed by atoms with Crippen LogP contribution in [0.4, 0.5) is 4.39 Å². The van der Waals surface area contributed by atoms with Gasteiger partial charge >= 0.3 is 0 Å². The van der Waals surface area contributed by atoms with E-state index in [2.05, 4.69) is 12.6 Å². The van der Waals surface area contributed by atoms with Gasteiger partial charge in [-0.2, -0.15) is 5.26 Å². The van der Waals surface area contributed by atoms with Crippen LogP contribution in [-0.4, -0.2) is 0 Å². The number of thiophene rings is 1. The van der Waals surface area contributed by atoms with Gasteiger partial charge in [-0.05, 0) is 18.2 Å². The minimum Gasteiger partial charge on any atom is -0.207 e. The zero-order valence-corrected chi connectivity index (χ0v) is 8.12. The first kappa shape index (κ1) is 8.54. The first-order valence-corrected chi connectivity index (χ1v) is 4.80. The second-order valence-corrected chi connectivity index (χ2v) is 4.34. The minimum atomic E-state index is -0.286. The molecule has 1 heterocycles. The average Bonchev–Trinajstić information content (AvgIpc) is 2.39. The summed E-state index contributed by atoms with van der Waals surface area (Å²) in [5, 5.41) is 9.57. The molecule has 2 rings (SSSR count). The van der Waals surface area contributed by atoms with Crippen LogP contribution in [0.5, 0.6) is 0 Å². The highest BCUT2D eigenvalue weighted by Crippen LogP contribution is 2.33. The summed E-state index contributed by atoms with van der Waals surface area (Å²) in [6.07, 6.45) is 0. The van der Waals surface area contributed by atoms with Gasteiger partial charge in [0.15, 0.2) is 0 Å². The van der Waals surface area contributed by atoms with E-state index in [0.29, 0.717) is 9.77 Å². The third-order valence-electron chi connectivity index (χ3n) is 1.75. The van der Waals surface area contributed by atoms with Gasteiger partial charge in [0.05, 0.1) is 9.77 Å². The lowest BCUT2D eigenvalue weighted by molar-refractivity contribution is 0.630. The van der Waals surface area contributed by atoms with Gasteiger partial charge in [-0.15, -0.1) is 24.0 Å². The molecule has 0 aliphatic rings. The maximum Gasteiger partial charge on any atom is 0.124 e. The van der Waals surface area contributed by atoms with E-state index in [4.69, 9.17) is 5.26 Å². The summed E-state index contributed by atoms with van der Waals surface area (Å²) in [5.41, 5.74) is 0.531. The lowest BCUT2D eigenvalue weighted by Crippen LogP contribution is -1.73. The van der Waals surface area contributed by atoms with Crippen molar-refractivity contribution in [3.05, 3.63) is 29.6 Å². The normalized spacial score (nSPS) is 10.2. The second-order valence-electron chi connectivity index (χ2n) is 2.53. The number of thiol groups is 1. The van der Waals surface area contributed by atoms with Gasteiger partial charge in [-0.1, -0.05) is 0 Å². The molecule has 0 N–H and O–H groups in total. The van der Waals surface area contributed by atoms with Crippen molar-refractivity contribution in [2.75, 3.05) is 0 Å². The summed E-state index contributed by atoms with van der Waals surface area (Å²) in [6, 6.07) is 6.43. The Bertz CT molecular complexity index is 510. The highest BCUT2D eigenvalue weighted by molar-refractivity contribution is 7.83. The molecule has 0 unspecified atom stereocenters. The number of benzene rings is 1. The van der Waals surface area contributed by atoms with E-state index in [9.17, 15) is 4.39 Å². The number of hydrogen-bond donors (Lipinski definition) is 1. The van der Waals surface area contributed by atoms with Crippen LogP contribution in [0.25, 0.3) is 10.1 Å². The molecule has 0 aliphatic carbocycles. The summed E-state index contributed by atoms with van der Waals surface area (Å²) < 4.78 is 14.2. The lowest BCUT2D eigenvalue weighted by Gasteiger charge is -1.88. The third-order valence-corrected chi connectivity index (χ3v) is 3.20. The molecule has 13 heavy (non-hydrogen) atoms. The fourth-order valence-corrected chi connectivity index (χ4v) is 2.55. The summed E-state index contributed by atoms with van der Waals surface area (Å²) in [7, 11) is 0. The van der Waals surface area contributed by atoms with Crippen LogP contribution < -0.4 is 0 Å². The zero-order chi connectivity index (χ0) is 9.42. The Kier molecular flexibility index (Phi) is 1.98. The zero-order valence-electron chi connectivity index (χ0n) is 6.41. The smallest absolute Gasteiger partial charge is 0.124 e. The fourth-order valence-electron chi connectivity index (χ4n) is 1.17.